The highest BCUT2D eigenvalue weighted by Crippen LogP contribution is 2.13. The predicted octanol–water partition coefficient (Wildman–Crippen LogP) is 1.83. The number of carbonyl (C=O) groups is 2. The van der Waals surface area contributed by atoms with E-state index in [0.29, 0.717) is 13.0 Å². The molecule has 0 unspecified atom stereocenters. The average molecular weight is 290 g/mol. The maximum absolute atomic E-state index is 12.0. The first kappa shape index (κ1) is 15.5. The molecule has 1 aromatic rings. The summed E-state index contributed by atoms with van der Waals surface area (Å²) in [6, 6.07) is 7.39. The van der Waals surface area contributed by atoms with Crippen LogP contribution in [0.3, 0.4) is 0 Å². The Hall–Kier alpha value is -1.88. The van der Waals surface area contributed by atoms with Crippen molar-refractivity contribution in [3.05, 3.63) is 29.8 Å². The number of benzene rings is 1. The summed E-state index contributed by atoms with van der Waals surface area (Å²) >= 11 is 0. The van der Waals surface area contributed by atoms with Crippen LogP contribution in [0.5, 0.6) is 0 Å². The summed E-state index contributed by atoms with van der Waals surface area (Å²) in [7, 11) is 0. The lowest BCUT2D eigenvalue weighted by Crippen LogP contribution is -2.29. The molecule has 1 N–H and O–H groups in total. The Bertz CT molecular complexity index is 479. The zero-order chi connectivity index (χ0) is 15.1. The topological polar surface area (TPSA) is 58.6 Å². The average Bonchev–Trinajstić information content (AvgIpc) is 3.01. The van der Waals surface area contributed by atoms with Gasteiger partial charge in [0.05, 0.1) is 6.42 Å². The Morgan fingerprint density at radius 3 is 2.48 bits per heavy atom. The SMILES string of the molecule is CCOCC(=O)Nc1ccc(CC(=O)N2CCCC2)cc1. The van der Waals surface area contributed by atoms with Crippen molar-refractivity contribution in [1.82, 2.24) is 4.90 Å². The second-order valence-corrected chi connectivity index (χ2v) is 5.15. The molecule has 5 heteroatoms. The maximum Gasteiger partial charge on any atom is 0.250 e. The first-order valence-corrected chi connectivity index (χ1v) is 7.43. The van der Waals surface area contributed by atoms with E-state index < -0.39 is 0 Å². The van der Waals surface area contributed by atoms with Crippen LogP contribution in [0, 0.1) is 0 Å². The van der Waals surface area contributed by atoms with Gasteiger partial charge in [0.2, 0.25) is 11.8 Å². The minimum absolute atomic E-state index is 0.0612. The molecule has 5 nitrogen and oxygen atoms in total. The molecule has 0 saturated carbocycles. The van der Waals surface area contributed by atoms with E-state index in [2.05, 4.69) is 5.32 Å². The monoisotopic (exact) mass is 290 g/mol. The number of ether oxygens (including phenoxy) is 1. The molecule has 2 rings (SSSR count). The number of anilines is 1. The molecule has 1 fully saturated rings. The Labute approximate surface area is 125 Å². The van der Waals surface area contributed by atoms with E-state index in [4.69, 9.17) is 4.74 Å². The van der Waals surface area contributed by atoms with E-state index in [0.717, 1.165) is 37.2 Å². The van der Waals surface area contributed by atoms with Gasteiger partial charge < -0.3 is 15.0 Å². The predicted molar refractivity (Wildman–Crippen MR) is 81.1 cm³/mol. The zero-order valence-corrected chi connectivity index (χ0v) is 12.4. The standard InChI is InChI=1S/C16H22N2O3/c1-2-21-12-15(19)17-14-7-5-13(6-8-14)11-16(20)18-9-3-4-10-18/h5-8H,2-4,9-12H2,1H3,(H,17,19). The summed E-state index contributed by atoms with van der Waals surface area (Å²) in [5, 5.41) is 2.75. The van der Waals surface area contributed by atoms with Crippen molar-refractivity contribution >= 4 is 17.5 Å². The van der Waals surface area contributed by atoms with Gasteiger partial charge in [-0.3, -0.25) is 9.59 Å². The van der Waals surface area contributed by atoms with Crippen LogP contribution in [0.25, 0.3) is 0 Å². The second-order valence-electron chi connectivity index (χ2n) is 5.15. The minimum atomic E-state index is -0.169. The summed E-state index contributed by atoms with van der Waals surface area (Å²) in [5.41, 5.74) is 1.69. The summed E-state index contributed by atoms with van der Waals surface area (Å²) in [6.45, 7) is 4.19. The second kappa shape index (κ2) is 7.78. The summed E-state index contributed by atoms with van der Waals surface area (Å²) in [4.78, 5) is 25.5. The van der Waals surface area contributed by atoms with Crippen LogP contribution in [0.1, 0.15) is 25.3 Å². The smallest absolute Gasteiger partial charge is 0.250 e. The molecule has 21 heavy (non-hydrogen) atoms. The molecular weight excluding hydrogens is 268 g/mol. The van der Waals surface area contributed by atoms with E-state index in [1.807, 2.05) is 36.1 Å². The molecule has 0 aromatic heterocycles. The van der Waals surface area contributed by atoms with Gasteiger partial charge in [0.15, 0.2) is 0 Å². The van der Waals surface area contributed by atoms with E-state index in [-0.39, 0.29) is 18.4 Å². The van der Waals surface area contributed by atoms with Crippen molar-refractivity contribution in [2.24, 2.45) is 0 Å². The quantitative estimate of drug-likeness (QED) is 0.869. The third kappa shape index (κ3) is 4.86. The number of hydrogen-bond donors (Lipinski definition) is 1. The minimum Gasteiger partial charge on any atom is -0.372 e. The summed E-state index contributed by atoms with van der Waals surface area (Å²) in [5.74, 6) is 0.0124. The van der Waals surface area contributed by atoms with E-state index in [9.17, 15) is 9.59 Å². The molecule has 1 aromatic carbocycles. The van der Waals surface area contributed by atoms with Crippen LogP contribution in [0.15, 0.2) is 24.3 Å². The Morgan fingerprint density at radius 1 is 1.19 bits per heavy atom. The summed E-state index contributed by atoms with van der Waals surface area (Å²) in [6.07, 6.45) is 2.64. The molecule has 0 atom stereocenters. The molecule has 1 aliphatic rings. The van der Waals surface area contributed by atoms with Gasteiger partial charge in [-0.25, -0.2) is 0 Å². The van der Waals surface area contributed by atoms with Crippen LogP contribution in [-0.4, -0.2) is 43.0 Å². The van der Waals surface area contributed by atoms with Gasteiger partial charge in [0.1, 0.15) is 6.61 Å². The van der Waals surface area contributed by atoms with Gasteiger partial charge in [-0.2, -0.15) is 0 Å². The summed E-state index contributed by atoms with van der Waals surface area (Å²) < 4.78 is 5.04. The molecule has 114 valence electrons. The normalized spacial score (nSPS) is 14.2. The Kier molecular flexibility index (Phi) is 5.75. The fraction of sp³-hybridized carbons (Fsp3) is 0.500. The highest BCUT2D eigenvalue weighted by Gasteiger charge is 2.17. The number of rotatable bonds is 6. The lowest BCUT2D eigenvalue weighted by molar-refractivity contribution is -0.129. The number of carbonyl (C=O) groups excluding carboxylic acids is 2. The number of likely N-dealkylation sites (tertiary alicyclic amines) is 1. The van der Waals surface area contributed by atoms with Crippen molar-refractivity contribution in [3.8, 4) is 0 Å². The third-order valence-electron chi connectivity index (χ3n) is 3.49. The largest absolute Gasteiger partial charge is 0.372 e. The van der Waals surface area contributed by atoms with Crippen LogP contribution in [-0.2, 0) is 20.7 Å². The Morgan fingerprint density at radius 2 is 1.86 bits per heavy atom. The molecule has 1 aliphatic heterocycles. The number of nitrogens with zero attached hydrogens (tertiary/aromatic N) is 1. The first-order valence-electron chi connectivity index (χ1n) is 7.43. The van der Waals surface area contributed by atoms with Crippen LogP contribution in [0.4, 0.5) is 5.69 Å². The molecular formula is C16H22N2O3. The third-order valence-corrected chi connectivity index (χ3v) is 3.49. The number of hydrogen-bond acceptors (Lipinski definition) is 3. The van der Waals surface area contributed by atoms with Crippen LogP contribution in [0.2, 0.25) is 0 Å². The van der Waals surface area contributed by atoms with E-state index in [1.165, 1.54) is 0 Å². The molecule has 1 saturated heterocycles. The molecule has 0 aliphatic carbocycles. The zero-order valence-electron chi connectivity index (χ0n) is 12.4. The van der Waals surface area contributed by atoms with E-state index in [1.54, 1.807) is 0 Å². The highest BCUT2D eigenvalue weighted by molar-refractivity contribution is 5.91. The van der Waals surface area contributed by atoms with Crippen molar-refractivity contribution in [2.45, 2.75) is 26.2 Å². The molecule has 0 spiro atoms. The van der Waals surface area contributed by atoms with Crippen molar-refractivity contribution < 1.29 is 14.3 Å². The number of amides is 2. The number of nitrogens with one attached hydrogen (secondary N) is 1. The van der Waals surface area contributed by atoms with Crippen LogP contribution < -0.4 is 5.32 Å². The van der Waals surface area contributed by atoms with Crippen molar-refractivity contribution in [3.63, 3.8) is 0 Å². The van der Waals surface area contributed by atoms with Gasteiger partial charge in [0, 0.05) is 25.4 Å². The molecule has 1 heterocycles. The fourth-order valence-corrected chi connectivity index (χ4v) is 2.35. The van der Waals surface area contributed by atoms with Crippen molar-refractivity contribution in [1.29, 1.82) is 0 Å². The van der Waals surface area contributed by atoms with Crippen LogP contribution >= 0.6 is 0 Å². The van der Waals surface area contributed by atoms with Gasteiger partial charge in [-0.15, -0.1) is 0 Å². The van der Waals surface area contributed by atoms with Gasteiger partial charge >= 0.3 is 0 Å². The van der Waals surface area contributed by atoms with Gasteiger partial charge in [-0.05, 0) is 37.5 Å². The lowest BCUT2D eigenvalue weighted by Gasteiger charge is -2.15. The fourth-order valence-electron chi connectivity index (χ4n) is 2.35. The van der Waals surface area contributed by atoms with Gasteiger partial charge in [-0.1, -0.05) is 12.1 Å². The highest BCUT2D eigenvalue weighted by atomic mass is 16.5. The molecule has 0 bridgehead atoms. The molecule has 0 radical (unpaired) electrons. The molecule has 2 amide bonds. The van der Waals surface area contributed by atoms with Gasteiger partial charge in [0.25, 0.3) is 0 Å². The first-order chi connectivity index (χ1) is 10.2. The lowest BCUT2D eigenvalue weighted by atomic mass is 10.1. The Balaban J connectivity index is 1.83. The maximum atomic E-state index is 12.0. The van der Waals surface area contributed by atoms with E-state index >= 15 is 0 Å². The van der Waals surface area contributed by atoms with Crippen molar-refractivity contribution in [2.75, 3.05) is 31.6 Å².